The Bertz CT molecular complexity index is 2500. The molecule has 4 saturated heterocycles. The van der Waals surface area contributed by atoms with E-state index in [1.807, 2.05) is 0 Å². The number of ether oxygens (including phenoxy) is 12. The Labute approximate surface area is 443 Å². The molecule has 10 N–H and O–H groups in total. The summed E-state index contributed by atoms with van der Waals surface area (Å²) >= 11 is 0. The molecule has 0 unspecified atom stereocenters. The molecule has 3 aromatic carbocycles. The Morgan fingerprint density at radius 3 is 1.62 bits per heavy atom. The van der Waals surface area contributed by atoms with Crippen molar-refractivity contribution in [2.24, 2.45) is 0 Å². The fourth-order valence-corrected chi connectivity index (χ4v) is 8.70. The van der Waals surface area contributed by atoms with Crippen molar-refractivity contribution in [3.05, 3.63) is 108 Å². The van der Waals surface area contributed by atoms with Crippen molar-refractivity contribution in [1.82, 2.24) is 0 Å². The number of hydrogen-bond acceptors (Lipinski definition) is 27. The second-order valence-electron chi connectivity index (χ2n) is 18.3. The first-order valence-electron chi connectivity index (χ1n) is 24.3. The second-order valence-corrected chi connectivity index (χ2v) is 18.3. The summed E-state index contributed by atoms with van der Waals surface area (Å²) in [5.41, 5.74) is 0.233. The smallest absolute Gasteiger partial charge is 0.338 e. The third-order valence-corrected chi connectivity index (χ3v) is 12.8. The molecular weight excluding hydrogens is 1040 g/mol. The van der Waals surface area contributed by atoms with Gasteiger partial charge in [0, 0.05) is 19.9 Å². The fraction of sp³-hybridized carbons (Fsp3) is 0.510. The van der Waals surface area contributed by atoms with Gasteiger partial charge in [0.15, 0.2) is 31.1 Å². The molecule has 7 rings (SSSR count). The molecule has 0 radical (unpaired) electrons. The van der Waals surface area contributed by atoms with Gasteiger partial charge >= 0.3 is 29.8 Å². The summed E-state index contributed by atoms with van der Waals surface area (Å²) in [6.07, 6.45) is -35.2. The van der Waals surface area contributed by atoms with Crippen LogP contribution in [0.3, 0.4) is 0 Å². The van der Waals surface area contributed by atoms with Crippen LogP contribution in [0.4, 0.5) is 0 Å². The highest BCUT2D eigenvalue weighted by molar-refractivity contribution is 5.90. The monoisotopic (exact) mass is 1100 g/mol. The van der Waals surface area contributed by atoms with Gasteiger partial charge in [0.1, 0.15) is 105 Å². The molecule has 27 heteroatoms. The van der Waals surface area contributed by atoms with Gasteiger partial charge in [-0.1, -0.05) is 48.5 Å². The first-order valence-corrected chi connectivity index (χ1v) is 24.3. The number of phenolic OH excluding ortho intramolecular Hbond substituents is 1. The Morgan fingerprint density at radius 1 is 0.538 bits per heavy atom. The van der Waals surface area contributed by atoms with E-state index in [1.54, 1.807) is 12.1 Å². The van der Waals surface area contributed by atoms with Crippen LogP contribution in [0.25, 0.3) is 6.08 Å². The molecule has 4 fully saturated rings. The molecule has 4 aliphatic rings. The number of carbonyl (C=O) groups excluding carboxylic acids is 5. The Morgan fingerprint density at radius 2 is 1.05 bits per heavy atom. The summed E-state index contributed by atoms with van der Waals surface area (Å²) in [6.45, 7) is -2.84. The molecule has 78 heavy (non-hydrogen) atoms. The van der Waals surface area contributed by atoms with Gasteiger partial charge in [-0.25, -0.2) is 14.4 Å². The van der Waals surface area contributed by atoms with Gasteiger partial charge in [-0.05, 0) is 48.0 Å². The van der Waals surface area contributed by atoms with E-state index in [1.165, 1.54) is 78.9 Å². The topological polar surface area (TPSA) is 398 Å². The minimum Gasteiger partial charge on any atom is -0.508 e. The highest BCUT2D eigenvalue weighted by Gasteiger charge is 2.64. The van der Waals surface area contributed by atoms with Crippen molar-refractivity contribution in [3.8, 4) is 5.75 Å². The van der Waals surface area contributed by atoms with Crippen molar-refractivity contribution in [2.45, 2.75) is 130 Å². The number of phenols is 1. The van der Waals surface area contributed by atoms with Crippen molar-refractivity contribution in [2.75, 3.05) is 33.0 Å². The SMILES string of the molecule is CC(=O)OC[C@H]1O[C@@H](O[C@@H]2[C@@H](O[C@@H]3O[C@H](CO)[C@@H](O)[C@H](O)[C@H]3O)[C@@H](O[C@]3(COC(=O)c4ccccc4)O[C@H](CO)[C@@H](O)[C@@H]3OC(=O)c3ccccc3)O[C@H](COC(C)=O)[C@H]2OC(=O)C=Cc2ccc(O)cc2)[C@H](O)[C@@H](O)[C@@H]1O. The van der Waals surface area contributed by atoms with E-state index in [4.69, 9.17) is 56.8 Å². The molecular formula is C51H60O27. The molecule has 0 saturated carbocycles. The van der Waals surface area contributed by atoms with Crippen LogP contribution in [0.2, 0.25) is 0 Å². The predicted octanol–water partition coefficient (Wildman–Crippen LogP) is -2.91. The number of benzene rings is 3. The number of rotatable bonds is 20. The highest BCUT2D eigenvalue weighted by Crippen LogP contribution is 2.42. The molecule has 3 aromatic rings. The van der Waals surface area contributed by atoms with Crippen LogP contribution in [0.15, 0.2) is 91.0 Å². The number of esters is 5. The number of hydrogen-bond donors (Lipinski definition) is 10. The average molecular weight is 1110 g/mol. The number of aliphatic hydroxyl groups excluding tert-OH is 9. The number of carbonyl (C=O) groups is 5. The average Bonchev–Trinajstić information content (AvgIpc) is 3.78. The lowest BCUT2D eigenvalue weighted by atomic mass is 9.95. The van der Waals surface area contributed by atoms with E-state index in [0.717, 1.165) is 19.9 Å². The third-order valence-electron chi connectivity index (χ3n) is 12.8. The summed E-state index contributed by atoms with van der Waals surface area (Å²) < 4.78 is 71.3. The van der Waals surface area contributed by atoms with Gasteiger partial charge in [0.25, 0.3) is 0 Å². The van der Waals surface area contributed by atoms with E-state index in [0.29, 0.717) is 5.56 Å². The van der Waals surface area contributed by atoms with Gasteiger partial charge < -0.3 is 108 Å². The summed E-state index contributed by atoms with van der Waals surface area (Å²) in [4.78, 5) is 66.1. The van der Waals surface area contributed by atoms with Gasteiger partial charge in [0.2, 0.25) is 5.79 Å². The summed E-state index contributed by atoms with van der Waals surface area (Å²) in [5.74, 6) is -8.19. The molecule has 0 amide bonds. The summed E-state index contributed by atoms with van der Waals surface area (Å²) in [6, 6.07) is 20.1. The number of aromatic hydroxyl groups is 1. The van der Waals surface area contributed by atoms with E-state index < -0.39 is 179 Å². The van der Waals surface area contributed by atoms with E-state index in [-0.39, 0.29) is 16.9 Å². The Balaban J connectivity index is 1.40. The van der Waals surface area contributed by atoms with Gasteiger partial charge in [-0.2, -0.15) is 0 Å². The summed E-state index contributed by atoms with van der Waals surface area (Å²) in [5, 5.41) is 109. The molecule has 0 spiro atoms. The molecule has 27 nitrogen and oxygen atoms in total. The van der Waals surface area contributed by atoms with Crippen LogP contribution in [-0.2, 0) is 71.2 Å². The zero-order valence-corrected chi connectivity index (χ0v) is 41.6. The maximum atomic E-state index is 14.0. The lowest BCUT2D eigenvalue weighted by molar-refractivity contribution is -0.421. The van der Waals surface area contributed by atoms with Gasteiger partial charge in [-0.15, -0.1) is 0 Å². The number of aliphatic hydroxyl groups is 9. The van der Waals surface area contributed by atoms with Crippen LogP contribution in [0.5, 0.6) is 5.75 Å². The van der Waals surface area contributed by atoms with Crippen LogP contribution in [0, 0.1) is 0 Å². The van der Waals surface area contributed by atoms with Crippen molar-refractivity contribution >= 4 is 35.9 Å². The molecule has 4 aliphatic heterocycles. The molecule has 4 heterocycles. The molecule has 0 bridgehead atoms. The minimum absolute atomic E-state index is 0.0372. The van der Waals surface area contributed by atoms with Gasteiger partial charge in [0.05, 0.1) is 24.3 Å². The van der Waals surface area contributed by atoms with Crippen LogP contribution < -0.4 is 0 Å². The lowest BCUT2D eigenvalue weighted by Crippen LogP contribution is -2.69. The zero-order valence-electron chi connectivity index (χ0n) is 41.6. The maximum Gasteiger partial charge on any atom is 0.338 e. The first-order chi connectivity index (χ1) is 37.2. The minimum atomic E-state index is -2.87. The predicted molar refractivity (Wildman–Crippen MR) is 253 cm³/mol. The lowest BCUT2D eigenvalue weighted by Gasteiger charge is -2.50. The van der Waals surface area contributed by atoms with E-state index >= 15 is 0 Å². The quantitative estimate of drug-likeness (QED) is 0.0308. The molecule has 426 valence electrons. The molecule has 0 aromatic heterocycles. The normalized spacial score (nSPS) is 34.9. The summed E-state index contributed by atoms with van der Waals surface area (Å²) in [7, 11) is 0. The largest absolute Gasteiger partial charge is 0.508 e. The van der Waals surface area contributed by atoms with Gasteiger partial charge in [-0.3, -0.25) is 9.59 Å². The molecule has 0 aliphatic carbocycles. The van der Waals surface area contributed by atoms with Crippen LogP contribution in [0.1, 0.15) is 40.1 Å². The van der Waals surface area contributed by atoms with Crippen LogP contribution in [-0.4, -0.2) is 230 Å². The van der Waals surface area contributed by atoms with E-state index in [2.05, 4.69) is 0 Å². The van der Waals surface area contributed by atoms with Crippen molar-refractivity contribution in [1.29, 1.82) is 0 Å². The van der Waals surface area contributed by atoms with E-state index in [9.17, 15) is 75.0 Å². The first kappa shape index (κ1) is 59.6. The van der Waals surface area contributed by atoms with Crippen LogP contribution >= 0.6 is 0 Å². The Hall–Kier alpha value is -6.09. The second kappa shape index (κ2) is 26.7. The maximum absolute atomic E-state index is 14.0. The zero-order chi connectivity index (χ0) is 56.4. The Kier molecular flexibility index (Phi) is 20.4. The third kappa shape index (κ3) is 14.2. The standard InChI is InChI=1S/C51H60O27/c1-24(54)67-21-32-36(59)39(62)41(64)49(71-32)74-43-42(73-34(57)18-15-26-13-16-29(56)17-14-26)33(22-68-25(2)55)72-50(44(43)75-48-40(63)38(61)35(58)30(19-52)70-48)78-51(23-69-46(65)27-9-5-3-6-10-27)45(37(60)31(20-53)77-51)76-47(66)28-11-7-4-8-12-28/h3-18,30-33,35-45,48-50,52-53,56,58-64H,19-23H2,1-2H3/t30-,31-,32-,33-,35-,36-,37-,38+,39+,40-,41-,42-,43+,44-,45+,48+,49+,50-,51+/m1/s1. The molecule has 19 atom stereocenters. The fourth-order valence-electron chi connectivity index (χ4n) is 8.70. The van der Waals surface area contributed by atoms with Crippen molar-refractivity contribution < 1.29 is 132 Å². The highest BCUT2D eigenvalue weighted by atomic mass is 16.8. The van der Waals surface area contributed by atoms with Crippen molar-refractivity contribution in [3.63, 3.8) is 0 Å².